The van der Waals surface area contributed by atoms with Crippen LogP contribution in [-0.2, 0) is 0 Å². The van der Waals surface area contributed by atoms with Gasteiger partial charge in [0.15, 0.2) is 0 Å². The molecule has 1 unspecified atom stereocenters. The van der Waals surface area contributed by atoms with Gasteiger partial charge in [0.05, 0.1) is 6.10 Å². The summed E-state index contributed by atoms with van der Waals surface area (Å²) in [6, 6.07) is 18.2. The highest BCUT2D eigenvalue weighted by molar-refractivity contribution is 5.71. The molecule has 2 aromatic rings. The smallest absolute Gasteiger partial charge is 0.0667 e. The third-order valence-electron chi connectivity index (χ3n) is 6.08. The van der Waals surface area contributed by atoms with Crippen LogP contribution in [0.1, 0.15) is 31.2 Å². The van der Waals surface area contributed by atoms with Crippen LogP contribution in [0.2, 0.25) is 0 Å². The normalized spacial score (nSPS) is 22.5. The van der Waals surface area contributed by atoms with E-state index in [1.165, 1.54) is 35.2 Å². The first-order valence-electron chi connectivity index (χ1n) is 10.0. The van der Waals surface area contributed by atoms with Gasteiger partial charge in [-0.25, -0.2) is 0 Å². The van der Waals surface area contributed by atoms with Gasteiger partial charge in [-0.15, -0.1) is 0 Å². The Morgan fingerprint density at radius 1 is 0.923 bits per heavy atom. The first-order chi connectivity index (χ1) is 12.7. The number of nitrogens with zero attached hydrogens (tertiary/aromatic N) is 2. The monoisotopic (exact) mass is 350 g/mol. The largest absolute Gasteiger partial charge is 0.392 e. The second kappa shape index (κ2) is 7.81. The van der Waals surface area contributed by atoms with Gasteiger partial charge in [0.2, 0.25) is 0 Å². The van der Waals surface area contributed by atoms with E-state index in [-0.39, 0.29) is 6.10 Å². The highest BCUT2D eigenvalue weighted by Gasteiger charge is 2.28. The van der Waals surface area contributed by atoms with E-state index in [1.54, 1.807) is 0 Å². The number of β-amino-alcohol motifs (C(OH)–C–C–N with tert-alkyl or cyclic N) is 1. The summed E-state index contributed by atoms with van der Waals surface area (Å²) in [4.78, 5) is 5.05. The van der Waals surface area contributed by atoms with Crippen molar-refractivity contribution in [3.05, 3.63) is 54.1 Å². The fraction of sp³-hybridized carbons (Fsp3) is 0.478. The molecule has 0 aliphatic carbocycles. The van der Waals surface area contributed by atoms with Crippen LogP contribution < -0.4 is 4.90 Å². The molecule has 2 aliphatic rings. The molecule has 2 fully saturated rings. The molecule has 0 saturated carbocycles. The van der Waals surface area contributed by atoms with Gasteiger partial charge in [0.25, 0.3) is 0 Å². The minimum absolute atomic E-state index is 0.118. The van der Waals surface area contributed by atoms with Gasteiger partial charge in [-0.1, -0.05) is 36.4 Å². The van der Waals surface area contributed by atoms with Crippen molar-refractivity contribution < 1.29 is 5.11 Å². The molecule has 2 aliphatic heterocycles. The van der Waals surface area contributed by atoms with Crippen LogP contribution in [0.5, 0.6) is 0 Å². The zero-order chi connectivity index (χ0) is 17.9. The topological polar surface area (TPSA) is 26.7 Å². The summed E-state index contributed by atoms with van der Waals surface area (Å²) in [6.45, 7) is 6.42. The Morgan fingerprint density at radius 3 is 2.50 bits per heavy atom. The summed E-state index contributed by atoms with van der Waals surface area (Å²) in [5.74, 6) is 0. The molecule has 3 nitrogen and oxygen atoms in total. The Bertz CT molecular complexity index is 736. The maximum absolute atomic E-state index is 9.95. The molecule has 0 aromatic heterocycles. The molecule has 4 rings (SSSR count). The molecular formula is C23H30N2O. The molecule has 2 heterocycles. The highest BCUT2D eigenvalue weighted by atomic mass is 16.3. The van der Waals surface area contributed by atoms with E-state index in [4.69, 9.17) is 0 Å². The van der Waals surface area contributed by atoms with Gasteiger partial charge >= 0.3 is 0 Å². The molecule has 26 heavy (non-hydrogen) atoms. The summed E-state index contributed by atoms with van der Waals surface area (Å²) < 4.78 is 0. The van der Waals surface area contributed by atoms with Gasteiger partial charge < -0.3 is 10.0 Å². The van der Waals surface area contributed by atoms with E-state index in [9.17, 15) is 5.11 Å². The Hall–Kier alpha value is -1.84. The van der Waals surface area contributed by atoms with Crippen molar-refractivity contribution in [1.82, 2.24) is 4.90 Å². The van der Waals surface area contributed by atoms with E-state index in [2.05, 4.69) is 65.3 Å². The maximum Gasteiger partial charge on any atom is 0.0667 e. The third-order valence-corrected chi connectivity index (χ3v) is 6.08. The fourth-order valence-corrected chi connectivity index (χ4v) is 4.57. The summed E-state index contributed by atoms with van der Waals surface area (Å²) in [5.41, 5.74) is 5.29. The fourth-order valence-electron chi connectivity index (χ4n) is 4.57. The molecule has 2 saturated heterocycles. The van der Waals surface area contributed by atoms with Crippen molar-refractivity contribution in [3.8, 4) is 11.1 Å². The number of hydrogen-bond acceptors (Lipinski definition) is 3. The van der Waals surface area contributed by atoms with E-state index in [0.717, 1.165) is 39.0 Å². The minimum Gasteiger partial charge on any atom is -0.392 e. The number of rotatable bonds is 3. The van der Waals surface area contributed by atoms with E-state index >= 15 is 0 Å². The number of likely N-dealkylation sites (tertiary alicyclic amines) is 1. The number of anilines is 1. The standard InChI is InChI=1S/C23H30N2O/c1-18-6-2-3-10-23(18)19-7-4-8-21(16-19)24-14-11-20(12-15-24)25-13-5-9-22(26)17-25/h2-4,6-8,10,16,20,22,26H,5,9,11-15,17H2,1H3. The molecule has 138 valence electrons. The van der Waals surface area contributed by atoms with Gasteiger partial charge in [0.1, 0.15) is 0 Å². The lowest BCUT2D eigenvalue weighted by atomic mass is 9.97. The first-order valence-corrected chi connectivity index (χ1v) is 10.0. The van der Waals surface area contributed by atoms with Crippen LogP contribution in [0.15, 0.2) is 48.5 Å². The molecule has 1 atom stereocenters. The Balaban J connectivity index is 1.43. The second-order valence-corrected chi connectivity index (χ2v) is 7.87. The molecular weight excluding hydrogens is 320 g/mol. The number of piperidine rings is 2. The predicted molar refractivity (Wildman–Crippen MR) is 109 cm³/mol. The lowest BCUT2D eigenvalue weighted by Gasteiger charge is -2.42. The van der Waals surface area contributed by atoms with Gasteiger partial charge in [0, 0.05) is 31.4 Å². The van der Waals surface area contributed by atoms with Crippen LogP contribution in [-0.4, -0.2) is 48.3 Å². The SMILES string of the molecule is Cc1ccccc1-c1cccc(N2CCC(N3CCCC(O)C3)CC2)c1. The highest BCUT2D eigenvalue weighted by Crippen LogP contribution is 2.29. The van der Waals surface area contributed by atoms with E-state index in [1.807, 2.05) is 0 Å². The zero-order valence-electron chi connectivity index (χ0n) is 15.8. The third kappa shape index (κ3) is 3.79. The molecule has 0 amide bonds. The number of aryl methyl sites for hydroxylation is 1. The lowest BCUT2D eigenvalue weighted by molar-refractivity contribution is 0.0398. The molecule has 3 heteroatoms. The van der Waals surface area contributed by atoms with Gasteiger partial charge in [-0.2, -0.15) is 0 Å². The number of aliphatic hydroxyl groups is 1. The average Bonchev–Trinajstić information content (AvgIpc) is 2.69. The van der Waals surface area contributed by atoms with Crippen molar-refractivity contribution in [3.63, 3.8) is 0 Å². The minimum atomic E-state index is -0.118. The van der Waals surface area contributed by atoms with Crippen LogP contribution in [0.4, 0.5) is 5.69 Å². The van der Waals surface area contributed by atoms with E-state index < -0.39 is 0 Å². The van der Waals surface area contributed by atoms with Gasteiger partial charge in [-0.05, 0) is 68.0 Å². The second-order valence-electron chi connectivity index (χ2n) is 7.87. The summed E-state index contributed by atoms with van der Waals surface area (Å²) >= 11 is 0. The number of aliphatic hydroxyl groups excluding tert-OH is 1. The predicted octanol–water partition coefficient (Wildman–Crippen LogP) is 4.09. The van der Waals surface area contributed by atoms with Crippen molar-refractivity contribution in [2.45, 2.75) is 44.8 Å². The van der Waals surface area contributed by atoms with Crippen molar-refractivity contribution in [2.75, 3.05) is 31.1 Å². The van der Waals surface area contributed by atoms with Crippen molar-refractivity contribution in [2.24, 2.45) is 0 Å². The zero-order valence-corrected chi connectivity index (χ0v) is 15.8. The number of benzene rings is 2. The summed E-state index contributed by atoms with van der Waals surface area (Å²) in [5, 5.41) is 9.95. The van der Waals surface area contributed by atoms with Crippen LogP contribution in [0, 0.1) is 6.92 Å². The Morgan fingerprint density at radius 2 is 1.73 bits per heavy atom. The molecule has 2 aromatic carbocycles. The van der Waals surface area contributed by atoms with E-state index in [0.29, 0.717) is 6.04 Å². The number of hydrogen-bond donors (Lipinski definition) is 1. The van der Waals surface area contributed by atoms with Crippen LogP contribution in [0.25, 0.3) is 11.1 Å². The van der Waals surface area contributed by atoms with Crippen molar-refractivity contribution >= 4 is 5.69 Å². The summed E-state index contributed by atoms with van der Waals surface area (Å²) in [6.07, 6.45) is 4.39. The van der Waals surface area contributed by atoms with Gasteiger partial charge in [-0.3, -0.25) is 4.90 Å². The maximum atomic E-state index is 9.95. The van der Waals surface area contributed by atoms with Crippen molar-refractivity contribution in [1.29, 1.82) is 0 Å². The Labute approximate surface area is 157 Å². The molecule has 0 bridgehead atoms. The Kier molecular flexibility index (Phi) is 5.28. The quantitative estimate of drug-likeness (QED) is 0.903. The average molecular weight is 351 g/mol. The lowest BCUT2D eigenvalue weighted by Crippen LogP contribution is -2.49. The molecule has 0 spiro atoms. The molecule has 1 N–H and O–H groups in total. The molecule has 0 radical (unpaired) electrons. The first kappa shape index (κ1) is 17.6. The summed E-state index contributed by atoms with van der Waals surface area (Å²) in [7, 11) is 0. The van der Waals surface area contributed by atoms with Crippen LogP contribution >= 0.6 is 0 Å². The van der Waals surface area contributed by atoms with Crippen LogP contribution in [0.3, 0.4) is 0 Å².